The van der Waals surface area contributed by atoms with Crippen LogP contribution in [0.5, 0.6) is 0 Å². The third-order valence-corrected chi connectivity index (χ3v) is 3.11. The fourth-order valence-corrected chi connectivity index (χ4v) is 2.23. The summed E-state index contributed by atoms with van der Waals surface area (Å²) in [6.07, 6.45) is 1.11. The Kier molecular flexibility index (Phi) is 7.13. The van der Waals surface area contributed by atoms with E-state index in [-0.39, 0.29) is 16.2 Å². The molecule has 1 amide bonds. The number of carbonyl (C=O) groups is 1. The van der Waals surface area contributed by atoms with Crippen molar-refractivity contribution in [3.63, 3.8) is 0 Å². The Morgan fingerprint density at radius 2 is 1.89 bits per heavy atom. The number of hydrogen-bond donors (Lipinski definition) is 1. The van der Waals surface area contributed by atoms with Crippen molar-refractivity contribution in [2.24, 2.45) is 0 Å². The summed E-state index contributed by atoms with van der Waals surface area (Å²) in [5.74, 6) is -0.182. The number of hydrogen-bond acceptors (Lipinski definition) is 3. The van der Waals surface area contributed by atoms with E-state index in [4.69, 9.17) is 23.2 Å². The van der Waals surface area contributed by atoms with Gasteiger partial charge in [-0.05, 0) is 31.6 Å². The standard InChI is InChI=1S/C13H19Cl2N3O/c1-3-6-18(4-2)7-5-16-13(19)10-8-11(14)17-12(15)9-10/h8-9H,3-7H2,1-2H3,(H,16,19). The Bertz CT molecular complexity index is 406. The van der Waals surface area contributed by atoms with Crippen LogP contribution in [0.15, 0.2) is 12.1 Å². The molecule has 1 aromatic rings. The molecule has 0 aliphatic rings. The molecule has 0 aliphatic heterocycles. The number of amides is 1. The highest BCUT2D eigenvalue weighted by atomic mass is 35.5. The first kappa shape index (κ1) is 16.2. The first-order valence-electron chi connectivity index (χ1n) is 6.40. The zero-order chi connectivity index (χ0) is 14.3. The molecule has 0 atom stereocenters. The maximum atomic E-state index is 11.9. The van der Waals surface area contributed by atoms with Crippen molar-refractivity contribution >= 4 is 29.1 Å². The lowest BCUT2D eigenvalue weighted by molar-refractivity contribution is 0.0948. The van der Waals surface area contributed by atoms with Crippen LogP contribution in [0.25, 0.3) is 0 Å². The largest absolute Gasteiger partial charge is 0.351 e. The molecule has 0 spiro atoms. The van der Waals surface area contributed by atoms with Crippen molar-refractivity contribution in [1.29, 1.82) is 0 Å². The van der Waals surface area contributed by atoms with Gasteiger partial charge in [-0.2, -0.15) is 0 Å². The van der Waals surface area contributed by atoms with Gasteiger partial charge in [0.1, 0.15) is 10.3 Å². The van der Waals surface area contributed by atoms with Crippen LogP contribution in [0.2, 0.25) is 10.3 Å². The van der Waals surface area contributed by atoms with E-state index in [0.717, 1.165) is 26.1 Å². The minimum absolute atomic E-state index is 0.182. The molecule has 0 radical (unpaired) electrons. The number of pyridine rings is 1. The zero-order valence-electron chi connectivity index (χ0n) is 11.2. The van der Waals surface area contributed by atoms with Crippen LogP contribution >= 0.6 is 23.2 Å². The Labute approximate surface area is 124 Å². The van der Waals surface area contributed by atoms with E-state index in [0.29, 0.717) is 12.1 Å². The fraction of sp³-hybridized carbons (Fsp3) is 0.538. The second-order valence-electron chi connectivity index (χ2n) is 4.19. The molecule has 6 heteroatoms. The van der Waals surface area contributed by atoms with E-state index in [1.807, 2.05) is 0 Å². The molecule has 0 saturated carbocycles. The molecule has 1 heterocycles. The molecule has 4 nitrogen and oxygen atoms in total. The average molecular weight is 304 g/mol. The molecule has 0 aliphatic carbocycles. The summed E-state index contributed by atoms with van der Waals surface area (Å²) in [5.41, 5.74) is 0.434. The molecule has 0 saturated heterocycles. The molecule has 0 unspecified atom stereocenters. The molecule has 0 aromatic carbocycles. The summed E-state index contributed by atoms with van der Waals surface area (Å²) in [7, 11) is 0. The molecule has 106 valence electrons. The van der Waals surface area contributed by atoms with Gasteiger partial charge in [-0.25, -0.2) is 4.98 Å². The number of nitrogens with zero attached hydrogens (tertiary/aromatic N) is 2. The van der Waals surface area contributed by atoms with Gasteiger partial charge in [0.25, 0.3) is 5.91 Å². The molecular formula is C13H19Cl2N3O. The van der Waals surface area contributed by atoms with Crippen molar-refractivity contribution in [3.8, 4) is 0 Å². The Morgan fingerprint density at radius 3 is 2.42 bits per heavy atom. The highest BCUT2D eigenvalue weighted by Gasteiger charge is 2.09. The van der Waals surface area contributed by atoms with Crippen LogP contribution in [0.3, 0.4) is 0 Å². The molecule has 0 fully saturated rings. The van der Waals surface area contributed by atoms with E-state index >= 15 is 0 Å². The summed E-state index contributed by atoms with van der Waals surface area (Å²) in [6.45, 7) is 7.71. The topological polar surface area (TPSA) is 45.2 Å². The Hall–Kier alpha value is -0.840. The monoisotopic (exact) mass is 303 g/mol. The van der Waals surface area contributed by atoms with Crippen LogP contribution in [0.4, 0.5) is 0 Å². The highest BCUT2D eigenvalue weighted by molar-refractivity contribution is 6.33. The van der Waals surface area contributed by atoms with E-state index in [9.17, 15) is 4.79 Å². The number of aromatic nitrogens is 1. The third-order valence-electron chi connectivity index (χ3n) is 2.73. The van der Waals surface area contributed by atoms with Gasteiger partial charge >= 0.3 is 0 Å². The highest BCUT2D eigenvalue weighted by Crippen LogP contribution is 2.14. The predicted octanol–water partition coefficient (Wildman–Crippen LogP) is 2.85. The van der Waals surface area contributed by atoms with Gasteiger partial charge < -0.3 is 10.2 Å². The average Bonchev–Trinajstić information content (AvgIpc) is 2.36. The van der Waals surface area contributed by atoms with E-state index < -0.39 is 0 Å². The second kappa shape index (κ2) is 8.35. The van der Waals surface area contributed by atoms with E-state index in [1.165, 1.54) is 12.1 Å². The van der Waals surface area contributed by atoms with Crippen LogP contribution in [0, 0.1) is 0 Å². The summed E-state index contributed by atoms with van der Waals surface area (Å²) in [5, 5.41) is 3.29. The summed E-state index contributed by atoms with van der Waals surface area (Å²) < 4.78 is 0. The maximum absolute atomic E-state index is 11.9. The van der Waals surface area contributed by atoms with Gasteiger partial charge in [-0.1, -0.05) is 37.0 Å². The normalized spacial score (nSPS) is 10.8. The number of nitrogens with one attached hydrogen (secondary N) is 1. The lowest BCUT2D eigenvalue weighted by Gasteiger charge is -2.19. The van der Waals surface area contributed by atoms with Crippen molar-refractivity contribution in [3.05, 3.63) is 28.0 Å². The summed E-state index contributed by atoms with van der Waals surface area (Å²) in [4.78, 5) is 18.0. The van der Waals surface area contributed by atoms with Crippen LogP contribution in [-0.2, 0) is 0 Å². The van der Waals surface area contributed by atoms with Crippen molar-refractivity contribution in [2.75, 3.05) is 26.2 Å². The second-order valence-corrected chi connectivity index (χ2v) is 4.97. The minimum Gasteiger partial charge on any atom is -0.351 e. The number of halogens is 2. The zero-order valence-corrected chi connectivity index (χ0v) is 12.8. The maximum Gasteiger partial charge on any atom is 0.251 e. The summed E-state index contributed by atoms with van der Waals surface area (Å²) in [6, 6.07) is 3.01. The molecule has 1 N–H and O–H groups in total. The van der Waals surface area contributed by atoms with Gasteiger partial charge in [0.05, 0.1) is 0 Å². The van der Waals surface area contributed by atoms with Gasteiger partial charge in [-0.3, -0.25) is 4.79 Å². The molecule has 0 bridgehead atoms. The third kappa shape index (κ3) is 5.76. The van der Waals surface area contributed by atoms with Crippen molar-refractivity contribution in [2.45, 2.75) is 20.3 Å². The number of rotatable bonds is 7. The van der Waals surface area contributed by atoms with E-state index in [1.54, 1.807) is 0 Å². The smallest absolute Gasteiger partial charge is 0.251 e. The minimum atomic E-state index is -0.182. The Balaban J connectivity index is 2.46. The van der Waals surface area contributed by atoms with Gasteiger partial charge in [0.15, 0.2) is 0 Å². The molecule has 1 rings (SSSR count). The van der Waals surface area contributed by atoms with Crippen LogP contribution < -0.4 is 5.32 Å². The predicted molar refractivity (Wildman–Crippen MR) is 79.0 cm³/mol. The first-order chi connectivity index (χ1) is 9.06. The van der Waals surface area contributed by atoms with Crippen molar-refractivity contribution < 1.29 is 4.79 Å². The summed E-state index contributed by atoms with van der Waals surface area (Å²) >= 11 is 11.5. The lowest BCUT2D eigenvalue weighted by Crippen LogP contribution is -2.35. The van der Waals surface area contributed by atoms with Crippen LogP contribution in [-0.4, -0.2) is 42.0 Å². The first-order valence-corrected chi connectivity index (χ1v) is 7.16. The lowest BCUT2D eigenvalue weighted by atomic mass is 10.2. The SMILES string of the molecule is CCCN(CC)CCNC(=O)c1cc(Cl)nc(Cl)c1. The molecule has 1 aromatic heterocycles. The van der Waals surface area contributed by atoms with Gasteiger partial charge in [0, 0.05) is 18.7 Å². The van der Waals surface area contributed by atoms with Crippen LogP contribution in [0.1, 0.15) is 30.6 Å². The quantitative estimate of drug-likeness (QED) is 0.788. The number of carbonyl (C=O) groups excluding carboxylic acids is 1. The molecular weight excluding hydrogens is 285 g/mol. The van der Waals surface area contributed by atoms with E-state index in [2.05, 4.69) is 29.0 Å². The van der Waals surface area contributed by atoms with Crippen molar-refractivity contribution in [1.82, 2.24) is 15.2 Å². The Morgan fingerprint density at radius 1 is 1.26 bits per heavy atom. The fourth-order valence-electron chi connectivity index (χ4n) is 1.77. The van der Waals surface area contributed by atoms with Gasteiger partial charge in [0.2, 0.25) is 0 Å². The molecule has 19 heavy (non-hydrogen) atoms. The van der Waals surface area contributed by atoms with Gasteiger partial charge in [-0.15, -0.1) is 0 Å². The number of likely N-dealkylation sites (N-methyl/N-ethyl adjacent to an activating group) is 1.